The van der Waals surface area contributed by atoms with Crippen molar-refractivity contribution < 1.29 is 0 Å². The van der Waals surface area contributed by atoms with E-state index >= 15 is 0 Å². The summed E-state index contributed by atoms with van der Waals surface area (Å²) >= 11 is 0. The van der Waals surface area contributed by atoms with Gasteiger partial charge in [0.25, 0.3) is 0 Å². The fourth-order valence-electron chi connectivity index (χ4n) is 1.10. The summed E-state index contributed by atoms with van der Waals surface area (Å²) in [5.41, 5.74) is 0. The number of halogens is 1. The van der Waals surface area contributed by atoms with Crippen LogP contribution in [0.15, 0.2) is 0 Å². The summed E-state index contributed by atoms with van der Waals surface area (Å²) in [6.07, 6.45) is 2.66. The smallest absolute Gasteiger partial charge is 0.0189 e. The van der Waals surface area contributed by atoms with Crippen LogP contribution in [0.25, 0.3) is 0 Å². The second-order valence-corrected chi connectivity index (χ2v) is 2.33. The van der Waals surface area contributed by atoms with E-state index in [4.69, 9.17) is 0 Å². The lowest BCUT2D eigenvalue weighted by Gasteiger charge is -2.21. The van der Waals surface area contributed by atoms with E-state index < -0.39 is 0 Å². The summed E-state index contributed by atoms with van der Waals surface area (Å²) in [7, 11) is 2.03. The molecule has 9 heavy (non-hydrogen) atoms. The van der Waals surface area contributed by atoms with E-state index in [-0.39, 0.29) is 12.4 Å². The van der Waals surface area contributed by atoms with Gasteiger partial charge in [-0.15, -0.1) is 12.4 Å². The summed E-state index contributed by atoms with van der Waals surface area (Å²) in [4.78, 5) is 0. The monoisotopic (exact) mass is 150 g/mol. The van der Waals surface area contributed by atoms with Crippen LogP contribution in [0, 0.1) is 0 Å². The van der Waals surface area contributed by atoms with E-state index in [1.807, 2.05) is 7.05 Å². The number of likely N-dealkylation sites (N-methyl/N-ethyl adjacent to an activating group) is 1. The van der Waals surface area contributed by atoms with E-state index in [2.05, 4.69) is 10.6 Å². The van der Waals surface area contributed by atoms with Crippen LogP contribution >= 0.6 is 12.4 Å². The maximum absolute atomic E-state index is 3.32. The first kappa shape index (κ1) is 9.21. The van der Waals surface area contributed by atoms with E-state index in [1.54, 1.807) is 0 Å². The summed E-state index contributed by atoms with van der Waals surface area (Å²) in [6.45, 7) is 2.36. The van der Waals surface area contributed by atoms with Crippen LogP contribution in [0.2, 0.25) is 0 Å². The highest BCUT2D eigenvalue weighted by molar-refractivity contribution is 5.85. The van der Waals surface area contributed by atoms with Crippen LogP contribution in [-0.4, -0.2) is 26.2 Å². The number of hydrogen-bond acceptors (Lipinski definition) is 2. The van der Waals surface area contributed by atoms with Gasteiger partial charge < -0.3 is 10.6 Å². The second-order valence-electron chi connectivity index (χ2n) is 2.33. The molecule has 1 fully saturated rings. The molecule has 1 unspecified atom stereocenters. The maximum atomic E-state index is 3.32. The van der Waals surface area contributed by atoms with Gasteiger partial charge >= 0.3 is 0 Å². The Hall–Kier alpha value is 0.210. The Morgan fingerprint density at radius 3 is 2.67 bits per heavy atom. The lowest BCUT2D eigenvalue weighted by atomic mass is 10.1. The van der Waals surface area contributed by atoms with Crippen molar-refractivity contribution in [2.24, 2.45) is 0 Å². The topological polar surface area (TPSA) is 24.1 Å². The Morgan fingerprint density at radius 2 is 2.33 bits per heavy atom. The van der Waals surface area contributed by atoms with Gasteiger partial charge in [0.1, 0.15) is 0 Å². The average molecular weight is 151 g/mol. The Balaban J connectivity index is 0.000000640. The van der Waals surface area contributed by atoms with Crippen LogP contribution in [0.3, 0.4) is 0 Å². The Labute approximate surface area is 62.8 Å². The van der Waals surface area contributed by atoms with Gasteiger partial charge in [-0.2, -0.15) is 0 Å². The van der Waals surface area contributed by atoms with Gasteiger partial charge in [0.2, 0.25) is 0 Å². The van der Waals surface area contributed by atoms with Crippen molar-refractivity contribution in [2.75, 3.05) is 20.1 Å². The fourth-order valence-corrected chi connectivity index (χ4v) is 1.10. The molecule has 1 atom stereocenters. The molecule has 0 amide bonds. The second kappa shape index (κ2) is 5.03. The molecule has 0 saturated carbocycles. The molecular weight excluding hydrogens is 136 g/mol. The third-order valence-electron chi connectivity index (χ3n) is 1.71. The maximum Gasteiger partial charge on any atom is 0.0189 e. The summed E-state index contributed by atoms with van der Waals surface area (Å²) in [5, 5.41) is 6.56. The number of hydrogen-bond donors (Lipinski definition) is 2. The SMILES string of the molecule is CNC1CCCNC1.Cl. The number of rotatable bonds is 1. The molecule has 1 aliphatic rings. The minimum Gasteiger partial charge on any atom is -0.316 e. The first-order valence-corrected chi connectivity index (χ1v) is 3.31. The molecule has 0 spiro atoms. The zero-order chi connectivity index (χ0) is 5.82. The Morgan fingerprint density at radius 1 is 1.56 bits per heavy atom. The normalized spacial score (nSPS) is 27.0. The molecule has 3 heteroatoms. The van der Waals surface area contributed by atoms with Gasteiger partial charge in [-0.05, 0) is 26.4 Å². The highest BCUT2D eigenvalue weighted by Gasteiger charge is 2.08. The van der Waals surface area contributed by atoms with Crippen molar-refractivity contribution in [3.8, 4) is 0 Å². The molecule has 0 bridgehead atoms. The Bertz CT molecular complexity index is 62.1. The predicted molar refractivity (Wildman–Crippen MR) is 42.2 cm³/mol. The summed E-state index contributed by atoms with van der Waals surface area (Å²) in [5.74, 6) is 0. The van der Waals surface area contributed by atoms with Crippen LogP contribution in [-0.2, 0) is 0 Å². The molecule has 0 aromatic rings. The Kier molecular flexibility index (Phi) is 5.15. The molecule has 1 rings (SSSR count). The standard InChI is InChI=1S/C6H14N2.ClH/c1-7-6-3-2-4-8-5-6;/h6-8H,2-5H2,1H3;1H. The third kappa shape index (κ3) is 3.04. The van der Waals surface area contributed by atoms with E-state index in [1.165, 1.54) is 19.4 Å². The zero-order valence-corrected chi connectivity index (χ0v) is 6.63. The van der Waals surface area contributed by atoms with Crippen molar-refractivity contribution in [3.63, 3.8) is 0 Å². The molecule has 1 aliphatic heterocycles. The molecule has 1 heterocycles. The first-order valence-electron chi connectivity index (χ1n) is 3.31. The highest BCUT2D eigenvalue weighted by atomic mass is 35.5. The quantitative estimate of drug-likeness (QED) is 0.565. The molecule has 0 radical (unpaired) electrons. The largest absolute Gasteiger partial charge is 0.316 e. The lowest BCUT2D eigenvalue weighted by molar-refractivity contribution is 0.412. The summed E-state index contributed by atoms with van der Waals surface area (Å²) in [6, 6.07) is 0.726. The van der Waals surface area contributed by atoms with E-state index in [9.17, 15) is 0 Å². The van der Waals surface area contributed by atoms with Gasteiger partial charge in [-0.3, -0.25) is 0 Å². The number of piperidine rings is 1. The van der Waals surface area contributed by atoms with E-state index in [0.717, 1.165) is 12.6 Å². The molecule has 1 saturated heterocycles. The molecule has 0 aromatic carbocycles. The number of nitrogens with one attached hydrogen (secondary N) is 2. The molecule has 0 aromatic heterocycles. The summed E-state index contributed by atoms with van der Waals surface area (Å²) < 4.78 is 0. The van der Waals surface area contributed by atoms with Crippen LogP contribution in [0.5, 0.6) is 0 Å². The minimum atomic E-state index is 0. The van der Waals surface area contributed by atoms with Gasteiger partial charge in [-0.25, -0.2) is 0 Å². The predicted octanol–water partition coefficient (Wildman–Crippen LogP) is 0.380. The average Bonchev–Trinajstić information content (AvgIpc) is 1.90. The van der Waals surface area contributed by atoms with Crippen molar-refractivity contribution in [1.29, 1.82) is 0 Å². The van der Waals surface area contributed by atoms with Gasteiger partial charge in [0, 0.05) is 12.6 Å². The third-order valence-corrected chi connectivity index (χ3v) is 1.71. The van der Waals surface area contributed by atoms with Crippen molar-refractivity contribution in [2.45, 2.75) is 18.9 Å². The lowest BCUT2D eigenvalue weighted by Crippen LogP contribution is -2.41. The van der Waals surface area contributed by atoms with Gasteiger partial charge in [-0.1, -0.05) is 0 Å². The molecular formula is C6H15ClN2. The van der Waals surface area contributed by atoms with Gasteiger partial charge in [0.05, 0.1) is 0 Å². The molecule has 56 valence electrons. The van der Waals surface area contributed by atoms with Crippen LogP contribution in [0.1, 0.15) is 12.8 Å². The molecule has 2 N–H and O–H groups in total. The molecule has 0 aliphatic carbocycles. The van der Waals surface area contributed by atoms with E-state index in [0.29, 0.717) is 0 Å². The minimum absolute atomic E-state index is 0. The van der Waals surface area contributed by atoms with Gasteiger partial charge in [0.15, 0.2) is 0 Å². The van der Waals surface area contributed by atoms with Crippen molar-refractivity contribution in [3.05, 3.63) is 0 Å². The molecule has 2 nitrogen and oxygen atoms in total. The first-order chi connectivity index (χ1) is 3.93. The van der Waals surface area contributed by atoms with Crippen LogP contribution < -0.4 is 10.6 Å². The van der Waals surface area contributed by atoms with Crippen LogP contribution in [0.4, 0.5) is 0 Å². The highest BCUT2D eigenvalue weighted by Crippen LogP contribution is 1.98. The van der Waals surface area contributed by atoms with Crippen molar-refractivity contribution in [1.82, 2.24) is 10.6 Å². The fraction of sp³-hybridized carbons (Fsp3) is 1.00. The van der Waals surface area contributed by atoms with Crippen molar-refractivity contribution >= 4 is 12.4 Å². The zero-order valence-electron chi connectivity index (χ0n) is 5.81.